The molecule has 0 aliphatic heterocycles. The lowest BCUT2D eigenvalue weighted by atomic mass is 10.1. The maximum Gasteiger partial charge on any atom is 0.234 e. The Hall–Kier alpha value is -1.55. The number of hydrogen-bond acceptors (Lipinski definition) is 3. The van der Waals surface area contributed by atoms with Crippen LogP contribution in [0.5, 0.6) is 5.75 Å². The lowest BCUT2D eigenvalue weighted by Gasteiger charge is -2.15. The maximum atomic E-state index is 11.6. The first-order chi connectivity index (χ1) is 9.10. The first-order valence-corrected chi connectivity index (χ1v) is 6.79. The van der Waals surface area contributed by atoms with Crippen molar-refractivity contribution >= 4 is 5.91 Å². The number of nitrogens with one attached hydrogen (secondary N) is 2. The van der Waals surface area contributed by atoms with Gasteiger partial charge < -0.3 is 15.4 Å². The third-order valence-electron chi connectivity index (χ3n) is 3.39. The Morgan fingerprint density at radius 2 is 2.26 bits per heavy atom. The molecule has 0 saturated heterocycles. The van der Waals surface area contributed by atoms with Gasteiger partial charge in [-0.2, -0.15) is 0 Å². The Kier molecular flexibility index (Phi) is 4.43. The van der Waals surface area contributed by atoms with E-state index >= 15 is 0 Å². The van der Waals surface area contributed by atoms with Crippen LogP contribution >= 0.6 is 0 Å². The summed E-state index contributed by atoms with van der Waals surface area (Å²) >= 11 is 0. The van der Waals surface area contributed by atoms with Crippen molar-refractivity contribution in [1.29, 1.82) is 0 Å². The maximum absolute atomic E-state index is 11.6. The van der Waals surface area contributed by atoms with Gasteiger partial charge in [0.2, 0.25) is 5.91 Å². The number of fused-ring (bicyclic) bond motifs is 1. The summed E-state index contributed by atoms with van der Waals surface area (Å²) in [5.74, 6) is 0.922. The van der Waals surface area contributed by atoms with Crippen molar-refractivity contribution in [3.05, 3.63) is 29.3 Å². The third-order valence-corrected chi connectivity index (χ3v) is 3.39. The van der Waals surface area contributed by atoms with Crippen molar-refractivity contribution in [3.8, 4) is 5.75 Å². The summed E-state index contributed by atoms with van der Waals surface area (Å²) < 4.78 is 5.26. The molecule has 0 saturated carbocycles. The number of amides is 1. The van der Waals surface area contributed by atoms with Crippen molar-refractivity contribution in [3.63, 3.8) is 0 Å². The fourth-order valence-corrected chi connectivity index (χ4v) is 2.51. The van der Waals surface area contributed by atoms with Gasteiger partial charge in [-0.25, -0.2) is 0 Å². The molecule has 2 N–H and O–H groups in total. The fourth-order valence-electron chi connectivity index (χ4n) is 2.51. The van der Waals surface area contributed by atoms with Gasteiger partial charge in [0.15, 0.2) is 0 Å². The van der Waals surface area contributed by atoms with Crippen LogP contribution in [0.2, 0.25) is 0 Å². The highest BCUT2D eigenvalue weighted by atomic mass is 16.5. The molecule has 0 radical (unpaired) electrons. The second-order valence-corrected chi connectivity index (χ2v) is 5.26. The molecule has 1 amide bonds. The SMILES string of the molecule is COc1ccc2c(c1)C(NCC(=O)NC(C)C)CC2. The minimum absolute atomic E-state index is 0.0475. The average Bonchev–Trinajstić information content (AvgIpc) is 2.77. The van der Waals surface area contributed by atoms with E-state index in [1.807, 2.05) is 19.9 Å². The van der Waals surface area contributed by atoms with Gasteiger partial charge >= 0.3 is 0 Å². The zero-order valence-electron chi connectivity index (χ0n) is 11.8. The highest BCUT2D eigenvalue weighted by Crippen LogP contribution is 2.33. The van der Waals surface area contributed by atoms with Gasteiger partial charge in [0.05, 0.1) is 13.7 Å². The Bertz CT molecular complexity index is 457. The third kappa shape index (κ3) is 3.47. The number of methoxy groups -OCH3 is 1. The van der Waals surface area contributed by atoms with E-state index in [0.717, 1.165) is 18.6 Å². The number of hydrogen-bond donors (Lipinski definition) is 2. The van der Waals surface area contributed by atoms with E-state index in [1.54, 1.807) is 7.11 Å². The molecule has 0 aromatic heterocycles. The Balaban J connectivity index is 1.96. The molecule has 19 heavy (non-hydrogen) atoms. The number of carbonyl (C=O) groups is 1. The van der Waals surface area contributed by atoms with Crippen LogP contribution in [0.1, 0.15) is 37.4 Å². The van der Waals surface area contributed by atoms with Crippen LogP contribution in [-0.2, 0) is 11.2 Å². The van der Waals surface area contributed by atoms with Crippen LogP contribution in [0.15, 0.2) is 18.2 Å². The minimum atomic E-state index is 0.0475. The summed E-state index contributed by atoms with van der Waals surface area (Å²) in [6.07, 6.45) is 2.10. The molecular formula is C15H22N2O2. The number of benzene rings is 1. The number of rotatable bonds is 5. The average molecular weight is 262 g/mol. The molecule has 1 unspecified atom stereocenters. The lowest BCUT2D eigenvalue weighted by molar-refractivity contribution is -0.120. The van der Waals surface area contributed by atoms with Crippen LogP contribution < -0.4 is 15.4 Å². The Morgan fingerprint density at radius 1 is 1.47 bits per heavy atom. The van der Waals surface area contributed by atoms with E-state index in [1.165, 1.54) is 11.1 Å². The summed E-state index contributed by atoms with van der Waals surface area (Å²) in [6, 6.07) is 6.62. The molecule has 1 aromatic rings. The van der Waals surface area contributed by atoms with Crippen LogP contribution in [0, 0.1) is 0 Å². The van der Waals surface area contributed by atoms with E-state index < -0.39 is 0 Å². The molecule has 0 spiro atoms. The molecule has 0 bridgehead atoms. The van der Waals surface area contributed by atoms with Crippen LogP contribution in [0.4, 0.5) is 0 Å². The Morgan fingerprint density at radius 3 is 2.95 bits per heavy atom. The summed E-state index contributed by atoms with van der Waals surface area (Å²) in [7, 11) is 1.68. The number of carbonyl (C=O) groups excluding carboxylic acids is 1. The predicted octanol–water partition coefficient (Wildman–Crippen LogP) is 1.80. The van der Waals surface area contributed by atoms with E-state index in [9.17, 15) is 4.79 Å². The molecule has 1 aliphatic carbocycles. The summed E-state index contributed by atoms with van der Waals surface area (Å²) in [5.41, 5.74) is 2.61. The molecule has 0 fully saturated rings. The second-order valence-electron chi connectivity index (χ2n) is 5.26. The normalized spacial score (nSPS) is 17.4. The van der Waals surface area contributed by atoms with Gasteiger partial charge in [0.25, 0.3) is 0 Å². The largest absolute Gasteiger partial charge is 0.497 e. The molecule has 1 aromatic carbocycles. The number of aryl methyl sites for hydroxylation is 1. The fraction of sp³-hybridized carbons (Fsp3) is 0.533. The summed E-state index contributed by atoms with van der Waals surface area (Å²) in [6.45, 7) is 4.29. The predicted molar refractivity (Wildman–Crippen MR) is 75.3 cm³/mol. The van der Waals surface area contributed by atoms with Crippen LogP contribution in [-0.4, -0.2) is 25.6 Å². The monoisotopic (exact) mass is 262 g/mol. The van der Waals surface area contributed by atoms with Crippen LogP contribution in [0.25, 0.3) is 0 Å². The summed E-state index contributed by atoms with van der Waals surface area (Å²) in [4.78, 5) is 11.6. The minimum Gasteiger partial charge on any atom is -0.497 e. The van der Waals surface area contributed by atoms with E-state index in [2.05, 4.69) is 22.8 Å². The summed E-state index contributed by atoms with van der Waals surface area (Å²) in [5, 5.41) is 6.21. The molecule has 0 heterocycles. The smallest absolute Gasteiger partial charge is 0.234 e. The van der Waals surface area contributed by atoms with Crippen molar-refractivity contribution < 1.29 is 9.53 Å². The van der Waals surface area contributed by atoms with Gasteiger partial charge in [-0.15, -0.1) is 0 Å². The quantitative estimate of drug-likeness (QED) is 0.850. The number of ether oxygens (including phenoxy) is 1. The van der Waals surface area contributed by atoms with Crippen molar-refractivity contribution in [1.82, 2.24) is 10.6 Å². The highest BCUT2D eigenvalue weighted by Gasteiger charge is 2.23. The van der Waals surface area contributed by atoms with Crippen LogP contribution in [0.3, 0.4) is 0 Å². The molecule has 2 rings (SSSR count). The second kappa shape index (κ2) is 6.06. The molecule has 4 nitrogen and oxygen atoms in total. The van der Waals surface area contributed by atoms with Crippen molar-refractivity contribution in [2.75, 3.05) is 13.7 Å². The lowest BCUT2D eigenvalue weighted by Crippen LogP contribution is -2.38. The molecular weight excluding hydrogens is 240 g/mol. The zero-order chi connectivity index (χ0) is 13.8. The van der Waals surface area contributed by atoms with E-state index in [4.69, 9.17) is 4.74 Å². The first kappa shape index (κ1) is 13.9. The highest BCUT2D eigenvalue weighted by molar-refractivity contribution is 5.78. The topological polar surface area (TPSA) is 50.4 Å². The Labute approximate surface area is 114 Å². The van der Waals surface area contributed by atoms with Gasteiger partial charge in [-0.05, 0) is 49.9 Å². The van der Waals surface area contributed by atoms with E-state index in [-0.39, 0.29) is 18.0 Å². The van der Waals surface area contributed by atoms with Gasteiger partial charge in [0.1, 0.15) is 5.75 Å². The molecule has 104 valence electrons. The first-order valence-electron chi connectivity index (χ1n) is 6.79. The molecule has 1 aliphatic rings. The molecule has 4 heteroatoms. The molecule has 1 atom stereocenters. The standard InChI is InChI=1S/C15H22N2O2/c1-10(2)17-15(18)9-16-14-7-5-11-4-6-12(19-3)8-13(11)14/h4,6,8,10,14,16H,5,7,9H2,1-3H3,(H,17,18). The van der Waals surface area contributed by atoms with Gasteiger partial charge in [0, 0.05) is 12.1 Å². The zero-order valence-corrected chi connectivity index (χ0v) is 11.8. The van der Waals surface area contributed by atoms with E-state index in [0.29, 0.717) is 6.54 Å². The van der Waals surface area contributed by atoms with Crippen molar-refractivity contribution in [2.24, 2.45) is 0 Å². The van der Waals surface area contributed by atoms with Gasteiger partial charge in [-0.1, -0.05) is 6.07 Å². The van der Waals surface area contributed by atoms with Gasteiger partial charge in [-0.3, -0.25) is 4.79 Å². The van der Waals surface area contributed by atoms with Crippen molar-refractivity contribution in [2.45, 2.75) is 38.8 Å².